The minimum Gasteiger partial charge on any atom is -0.497 e. The fourth-order valence-corrected chi connectivity index (χ4v) is 3.96. The maximum absolute atomic E-state index is 5.22. The van der Waals surface area contributed by atoms with Gasteiger partial charge in [0.25, 0.3) is 0 Å². The number of hydrogen-bond donors (Lipinski definition) is 0. The summed E-state index contributed by atoms with van der Waals surface area (Å²) in [6.07, 6.45) is 7.27. The number of thioether (sulfide) groups is 1. The summed E-state index contributed by atoms with van der Waals surface area (Å²) >= 11 is 1.94. The van der Waals surface area contributed by atoms with Gasteiger partial charge in [-0.25, -0.2) is 4.98 Å². The van der Waals surface area contributed by atoms with Crippen molar-refractivity contribution < 1.29 is 4.74 Å². The van der Waals surface area contributed by atoms with Gasteiger partial charge in [-0.1, -0.05) is 31.0 Å². The lowest BCUT2D eigenvalue weighted by Gasteiger charge is -2.12. The molecule has 2 aromatic rings. The molecule has 0 radical (unpaired) electrons. The Morgan fingerprint density at radius 3 is 2.55 bits per heavy atom. The van der Waals surface area contributed by atoms with E-state index in [-0.39, 0.29) is 0 Å². The fourth-order valence-electron chi connectivity index (χ4n) is 2.64. The zero-order chi connectivity index (χ0) is 13.8. The van der Waals surface area contributed by atoms with Crippen LogP contribution in [-0.2, 0) is 0 Å². The van der Waals surface area contributed by atoms with Crippen LogP contribution in [0.2, 0.25) is 0 Å². The van der Waals surface area contributed by atoms with Crippen molar-refractivity contribution in [3.8, 4) is 16.9 Å². The molecule has 0 amide bonds. The van der Waals surface area contributed by atoms with E-state index in [0.717, 1.165) is 16.0 Å². The number of hydrogen-bond acceptors (Lipinski definition) is 3. The second kappa shape index (κ2) is 6.31. The van der Waals surface area contributed by atoms with Crippen molar-refractivity contribution in [2.45, 2.75) is 36.0 Å². The van der Waals surface area contributed by atoms with Crippen molar-refractivity contribution >= 4 is 11.8 Å². The first-order chi connectivity index (χ1) is 9.86. The first-order valence-electron chi connectivity index (χ1n) is 7.13. The number of pyridine rings is 1. The van der Waals surface area contributed by atoms with Crippen LogP contribution in [0.3, 0.4) is 0 Å². The Morgan fingerprint density at radius 2 is 1.85 bits per heavy atom. The molecule has 1 aliphatic rings. The average molecular weight is 285 g/mol. The van der Waals surface area contributed by atoms with Gasteiger partial charge in [-0.15, -0.1) is 11.8 Å². The molecule has 1 aromatic carbocycles. The van der Waals surface area contributed by atoms with Crippen LogP contribution in [0, 0.1) is 0 Å². The predicted octanol–water partition coefficient (Wildman–Crippen LogP) is 4.79. The fraction of sp³-hybridized carbons (Fsp3) is 0.353. The molecule has 104 valence electrons. The minimum absolute atomic E-state index is 0.738. The van der Waals surface area contributed by atoms with Crippen molar-refractivity contribution in [2.24, 2.45) is 0 Å². The van der Waals surface area contributed by atoms with Crippen molar-refractivity contribution in [3.63, 3.8) is 0 Å². The zero-order valence-electron chi connectivity index (χ0n) is 11.7. The summed E-state index contributed by atoms with van der Waals surface area (Å²) in [5.41, 5.74) is 2.44. The van der Waals surface area contributed by atoms with Crippen molar-refractivity contribution in [3.05, 3.63) is 42.6 Å². The topological polar surface area (TPSA) is 22.1 Å². The monoisotopic (exact) mass is 285 g/mol. The van der Waals surface area contributed by atoms with Gasteiger partial charge >= 0.3 is 0 Å². The Morgan fingerprint density at radius 1 is 1.10 bits per heavy atom. The highest BCUT2D eigenvalue weighted by Crippen LogP contribution is 2.38. The van der Waals surface area contributed by atoms with Gasteiger partial charge in [0.05, 0.1) is 7.11 Å². The summed E-state index contributed by atoms with van der Waals surface area (Å²) in [5, 5.41) is 1.89. The van der Waals surface area contributed by atoms with Crippen LogP contribution >= 0.6 is 11.8 Å². The SMILES string of the molecule is COc1ccc(-c2cccnc2SC2CCCC2)cc1. The molecule has 1 aliphatic carbocycles. The Labute approximate surface area is 124 Å². The summed E-state index contributed by atoms with van der Waals surface area (Å²) in [7, 11) is 1.69. The standard InChI is InChI=1S/C17H19NOS/c1-19-14-10-8-13(9-11-14)16-7-4-12-18-17(16)20-15-5-2-3-6-15/h4,7-12,15H,2-3,5-6H2,1H3. The summed E-state index contributed by atoms with van der Waals surface area (Å²) in [6, 6.07) is 12.4. The molecular weight excluding hydrogens is 266 g/mol. The van der Waals surface area contributed by atoms with E-state index in [1.165, 1.54) is 36.8 Å². The van der Waals surface area contributed by atoms with Crippen LogP contribution in [0.1, 0.15) is 25.7 Å². The molecule has 20 heavy (non-hydrogen) atoms. The molecular formula is C17H19NOS. The highest BCUT2D eigenvalue weighted by molar-refractivity contribution is 8.00. The van der Waals surface area contributed by atoms with E-state index in [1.807, 2.05) is 36.2 Å². The molecule has 1 saturated carbocycles. The van der Waals surface area contributed by atoms with Crippen LogP contribution in [0.25, 0.3) is 11.1 Å². The summed E-state index contributed by atoms with van der Waals surface area (Å²) in [5.74, 6) is 0.891. The molecule has 2 nitrogen and oxygen atoms in total. The van der Waals surface area contributed by atoms with E-state index in [0.29, 0.717) is 0 Å². The van der Waals surface area contributed by atoms with Crippen molar-refractivity contribution in [1.29, 1.82) is 0 Å². The molecule has 1 fully saturated rings. The van der Waals surface area contributed by atoms with Gasteiger partial charge in [-0.3, -0.25) is 0 Å². The maximum atomic E-state index is 5.22. The smallest absolute Gasteiger partial charge is 0.118 e. The van der Waals surface area contributed by atoms with Gasteiger partial charge in [0.1, 0.15) is 10.8 Å². The van der Waals surface area contributed by atoms with Crippen molar-refractivity contribution in [2.75, 3.05) is 7.11 Å². The molecule has 0 N–H and O–H groups in total. The lowest BCUT2D eigenvalue weighted by Crippen LogP contribution is -1.96. The molecule has 0 unspecified atom stereocenters. The predicted molar refractivity (Wildman–Crippen MR) is 84.3 cm³/mol. The first kappa shape index (κ1) is 13.5. The van der Waals surface area contributed by atoms with Gasteiger partial charge in [-0.2, -0.15) is 0 Å². The van der Waals surface area contributed by atoms with Gasteiger partial charge in [0.15, 0.2) is 0 Å². The van der Waals surface area contributed by atoms with Crippen LogP contribution in [0.5, 0.6) is 5.75 Å². The largest absolute Gasteiger partial charge is 0.497 e. The zero-order valence-corrected chi connectivity index (χ0v) is 12.5. The third-order valence-electron chi connectivity index (χ3n) is 3.75. The Hall–Kier alpha value is -1.48. The Kier molecular flexibility index (Phi) is 4.26. The van der Waals surface area contributed by atoms with Crippen LogP contribution in [0.4, 0.5) is 0 Å². The van der Waals surface area contributed by atoms with E-state index >= 15 is 0 Å². The minimum atomic E-state index is 0.738. The Balaban J connectivity index is 1.87. The number of rotatable bonds is 4. The van der Waals surface area contributed by atoms with Crippen LogP contribution in [0.15, 0.2) is 47.6 Å². The van der Waals surface area contributed by atoms with Crippen molar-refractivity contribution in [1.82, 2.24) is 4.98 Å². The van der Waals surface area contributed by atoms with Crippen LogP contribution in [-0.4, -0.2) is 17.3 Å². The van der Waals surface area contributed by atoms with E-state index in [4.69, 9.17) is 4.74 Å². The first-order valence-corrected chi connectivity index (χ1v) is 8.01. The second-order valence-corrected chi connectivity index (χ2v) is 6.40. The molecule has 0 aliphatic heterocycles. The third-order valence-corrected chi connectivity index (χ3v) is 5.11. The van der Waals surface area contributed by atoms with E-state index in [2.05, 4.69) is 23.2 Å². The van der Waals surface area contributed by atoms with E-state index in [9.17, 15) is 0 Å². The molecule has 0 bridgehead atoms. The number of benzene rings is 1. The maximum Gasteiger partial charge on any atom is 0.118 e. The average Bonchev–Trinajstić information content (AvgIpc) is 3.01. The number of methoxy groups -OCH3 is 1. The van der Waals surface area contributed by atoms with Gasteiger partial charge in [-0.05, 0) is 36.6 Å². The van der Waals surface area contributed by atoms with Gasteiger partial charge in [0, 0.05) is 17.0 Å². The van der Waals surface area contributed by atoms with E-state index in [1.54, 1.807) is 7.11 Å². The highest BCUT2D eigenvalue weighted by Gasteiger charge is 2.18. The number of nitrogens with zero attached hydrogens (tertiary/aromatic N) is 1. The Bertz CT molecular complexity index is 561. The van der Waals surface area contributed by atoms with Gasteiger partial charge < -0.3 is 4.74 Å². The molecule has 0 spiro atoms. The molecule has 0 atom stereocenters. The quantitative estimate of drug-likeness (QED) is 0.806. The summed E-state index contributed by atoms with van der Waals surface area (Å²) < 4.78 is 5.22. The highest BCUT2D eigenvalue weighted by atomic mass is 32.2. The number of aromatic nitrogens is 1. The molecule has 1 heterocycles. The van der Waals surface area contributed by atoms with Gasteiger partial charge in [0.2, 0.25) is 0 Å². The van der Waals surface area contributed by atoms with E-state index < -0.39 is 0 Å². The lowest BCUT2D eigenvalue weighted by molar-refractivity contribution is 0.415. The molecule has 0 saturated heterocycles. The third kappa shape index (κ3) is 2.98. The summed E-state index contributed by atoms with van der Waals surface area (Å²) in [4.78, 5) is 4.59. The molecule has 3 rings (SSSR count). The normalized spacial score (nSPS) is 15.4. The molecule has 1 aromatic heterocycles. The second-order valence-electron chi connectivity index (χ2n) is 5.11. The lowest BCUT2D eigenvalue weighted by atomic mass is 10.1. The number of ether oxygens (including phenoxy) is 1. The van der Waals surface area contributed by atoms with Crippen LogP contribution < -0.4 is 4.74 Å². The summed E-state index contributed by atoms with van der Waals surface area (Å²) in [6.45, 7) is 0. The molecule has 3 heteroatoms.